The van der Waals surface area contributed by atoms with Crippen molar-refractivity contribution < 1.29 is 9.21 Å². The molecule has 3 rings (SSSR count). The summed E-state index contributed by atoms with van der Waals surface area (Å²) in [5, 5.41) is 2.84. The molecule has 1 aromatic heterocycles. The molecule has 1 amide bonds. The molecule has 22 heavy (non-hydrogen) atoms. The van der Waals surface area contributed by atoms with Crippen molar-refractivity contribution in [2.45, 2.75) is 32.2 Å². The van der Waals surface area contributed by atoms with Gasteiger partial charge in [-0.25, -0.2) is 4.98 Å². The van der Waals surface area contributed by atoms with E-state index in [1.165, 1.54) is 44.0 Å². The maximum atomic E-state index is 12.1. The zero-order valence-corrected chi connectivity index (χ0v) is 12.6. The Kier molecular flexibility index (Phi) is 4.73. The van der Waals surface area contributed by atoms with Crippen LogP contribution in [-0.2, 0) is 6.54 Å². The van der Waals surface area contributed by atoms with Gasteiger partial charge >= 0.3 is 0 Å². The van der Waals surface area contributed by atoms with Gasteiger partial charge in [0.15, 0.2) is 6.39 Å². The highest BCUT2D eigenvalue weighted by Crippen LogP contribution is 2.20. The van der Waals surface area contributed by atoms with Crippen LogP contribution in [-0.4, -0.2) is 24.0 Å². The number of benzene rings is 1. The molecule has 2 aromatic rings. The lowest BCUT2D eigenvalue weighted by molar-refractivity contribution is 0.0950. The summed E-state index contributed by atoms with van der Waals surface area (Å²) in [5.74, 6) is -0.0922. The van der Waals surface area contributed by atoms with Crippen LogP contribution in [0.5, 0.6) is 0 Å². The highest BCUT2D eigenvalue weighted by atomic mass is 16.3. The Bertz CT molecular complexity index is 585. The average molecular weight is 299 g/mol. The molecule has 0 aliphatic carbocycles. The first-order valence-electron chi connectivity index (χ1n) is 7.83. The molecule has 0 bridgehead atoms. The molecule has 1 aliphatic heterocycles. The van der Waals surface area contributed by atoms with Crippen LogP contribution in [0, 0.1) is 0 Å². The molecule has 5 heteroatoms. The van der Waals surface area contributed by atoms with Gasteiger partial charge in [-0.3, -0.25) is 4.79 Å². The van der Waals surface area contributed by atoms with E-state index in [4.69, 9.17) is 4.42 Å². The number of amides is 1. The van der Waals surface area contributed by atoms with E-state index in [9.17, 15) is 4.79 Å². The number of nitrogens with zero attached hydrogens (tertiary/aromatic N) is 2. The van der Waals surface area contributed by atoms with E-state index < -0.39 is 0 Å². The Morgan fingerprint density at radius 2 is 1.86 bits per heavy atom. The number of aromatic nitrogens is 1. The highest BCUT2D eigenvalue weighted by Gasteiger charge is 2.11. The molecular formula is C17H21N3O2. The molecule has 1 N–H and O–H groups in total. The van der Waals surface area contributed by atoms with Crippen LogP contribution in [0.4, 0.5) is 5.69 Å². The first-order chi connectivity index (χ1) is 10.8. The van der Waals surface area contributed by atoms with E-state index in [0.717, 1.165) is 18.8 Å². The number of hydrogen-bond acceptors (Lipinski definition) is 4. The number of hydrogen-bond donors (Lipinski definition) is 1. The van der Waals surface area contributed by atoms with Crippen molar-refractivity contribution in [1.82, 2.24) is 10.3 Å². The largest absolute Gasteiger partial charge is 0.451 e. The third-order valence-electron chi connectivity index (χ3n) is 4.01. The molecule has 1 aromatic carbocycles. The number of rotatable bonds is 4. The summed E-state index contributed by atoms with van der Waals surface area (Å²) in [6.45, 7) is 2.60. The zero-order chi connectivity index (χ0) is 15.2. The number of nitrogens with one attached hydrogen (secondary N) is 1. The van der Waals surface area contributed by atoms with Crippen LogP contribution in [0.25, 0.3) is 0 Å². The molecule has 1 aliphatic rings. The van der Waals surface area contributed by atoms with Gasteiger partial charge in [-0.2, -0.15) is 0 Å². The Labute approximate surface area is 130 Å². The van der Waals surface area contributed by atoms with Crippen molar-refractivity contribution >= 4 is 11.6 Å². The third kappa shape index (κ3) is 3.67. The van der Waals surface area contributed by atoms with Gasteiger partial charge in [-0.05, 0) is 37.1 Å². The topological polar surface area (TPSA) is 58.4 Å². The van der Waals surface area contributed by atoms with Crippen LogP contribution < -0.4 is 10.2 Å². The van der Waals surface area contributed by atoms with Gasteiger partial charge in [-0.1, -0.05) is 12.8 Å². The molecule has 0 saturated carbocycles. The van der Waals surface area contributed by atoms with E-state index in [2.05, 4.69) is 15.2 Å². The van der Waals surface area contributed by atoms with Crippen molar-refractivity contribution in [3.63, 3.8) is 0 Å². The Balaban J connectivity index is 1.59. The van der Waals surface area contributed by atoms with Crippen LogP contribution >= 0.6 is 0 Å². The first-order valence-corrected chi connectivity index (χ1v) is 7.83. The number of carbonyl (C=O) groups excluding carboxylic acids is 1. The van der Waals surface area contributed by atoms with Gasteiger partial charge in [0.25, 0.3) is 5.91 Å². The lowest BCUT2D eigenvalue weighted by Crippen LogP contribution is -2.25. The standard InChI is InChI=1S/C17H21N3O2/c21-17(18-11-15-12-22-13-19-15)14-5-7-16(8-6-14)20-9-3-1-2-4-10-20/h5-8,12-13H,1-4,9-11H2,(H,18,21). The van der Waals surface area contributed by atoms with Crippen molar-refractivity contribution in [1.29, 1.82) is 0 Å². The summed E-state index contributed by atoms with van der Waals surface area (Å²) in [7, 11) is 0. The number of anilines is 1. The van der Waals surface area contributed by atoms with Gasteiger partial charge in [0.2, 0.25) is 0 Å². The quantitative estimate of drug-likeness (QED) is 0.943. The number of carbonyl (C=O) groups is 1. The van der Waals surface area contributed by atoms with Gasteiger partial charge in [0.1, 0.15) is 6.26 Å². The Morgan fingerprint density at radius 1 is 1.14 bits per heavy atom. The van der Waals surface area contributed by atoms with Gasteiger partial charge in [0, 0.05) is 24.3 Å². The van der Waals surface area contributed by atoms with E-state index in [0.29, 0.717) is 12.1 Å². The Hall–Kier alpha value is -2.30. The maximum Gasteiger partial charge on any atom is 0.251 e. The number of oxazole rings is 1. The highest BCUT2D eigenvalue weighted by molar-refractivity contribution is 5.94. The summed E-state index contributed by atoms with van der Waals surface area (Å²) in [4.78, 5) is 18.5. The summed E-state index contributed by atoms with van der Waals surface area (Å²) in [5.41, 5.74) is 2.59. The van der Waals surface area contributed by atoms with Crippen LogP contribution in [0.2, 0.25) is 0 Å². The fourth-order valence-electron chi connectivity index (χ4n) is 2.75. The minimum absolute atomic E-state index is 0.0922. The summed E-state index contributed by atoms with van der Waals surface area (Å²) < 4.78 is 4.88. The monoisotopic (exact) mass is 299 g/mol. The van der Waals surface area contributed by atoms with Crippen LogP contribution in [0.3, 0.4) is 0 Å². The van der Waals surface area contributed by atoms with Gasteiger partial charge in [0.05, 0.1) is 12.2 Å². The Morgan fingerprint density at radius 3 is 2.50 bits per heavy atom. The van der Waals surface area contributed by atoms with E-state index >= 15 is 0 Å². The molecule has 2 heterocycles. The molecular weight excluding hydrogens is 278 g/mol. The zero-order valence-electron chi connectivity index (χ0n) is 12.6. The summed E-state index contributed by atoms with van der Waals surface area (Å²) in [6, 6.07) is 7.85. The van der Waals surface area contributed by atoms with E-state index in [1.54, 1.807) is 0 Å². The molecule has 0 atom stereocenters. The molecule has 0 spiro atoms. The molecule has 0 radical (unpaired) electrons. The summed E-state index contributed by atoms with van der Waals surface area (Å²) in [6.07, 6.45) is 8.03. The predicted octanol–water partition coefficient (Wildman–Crippen LogP) is 2.99. The van der Waals surface area contributed by atoms with E-state index in [-0.39, 0.29) is 5.91 Å². The van der Waals surface area contributed by atoms with E-state index in [1.807, 2.05) is 24.3 Å². The lowest BCUT2D eigenvalue weighted by Gasteiger charge is -2.22. The first kappa shape index (κ1) is 14.6. The van der Waals surface area contributed by atoms with Crippen molar-refractivity contribution in [3.05, 3.63) is 48.2 Å². The van der Waals surface area contributed by atoms with Gasteiger partial charge in [-0.15, -0.1) is 0 Å². The van der Waals surface area contributed by atoms with Crippen LogP contribution in [0.15, 0.2) is 41.3 Å². The van der Waals surface area contributed by atoms with Crippen molar-refractivity contribution in [2.75, 3.05) is 18.0 Å². The second-order valence-corrected chi connectivity index (χ2v) is 5.61. The van der Waals surface area contributed by atoms with Crippen molar-refractivity contribution in [3.8, 4) is 0 Å². The minimum Gasteiger partial charge on any atom is -0.451 e. The minimum atomic E-state index is -0.0922. The normalized spacial score (nSPS) is 15.4. The molecule has 0 unspecified atom stereocenters. The fraction of sp³-hybridized carbons (Fsp3) is 0.412. The summed E-state index contributed by atoms with van der Waals surface area (Å²) >= 11 is 0. The fourth-order valence-corrected chi connectivity index (χ4v) is 2.75. The molecule has 1 fully saturated rings. The maximum absolute atomic E-state index is 12.1. The van der Waals surface area contributed by atoms with Crippen molar-refractivity contribution in [2.24, 2.45) is 0 Å². The average Bonchev–Trinajstić information content (AvgIpc) is 2.93. The second kappa shape index (κ2) is 7.11. The second-order valence-electron chi connectivity index (χ2n) is 5.61. The molecule has 116 valence electrons. The molecule has 1 saturated heterocycles. The predicted molar refractivity (Wildman–Crippen MR) is 84.8 cm³/mol. The molecule has 5 nitrogen and oxygen atoms in total. The lowest BCUT2D eigenvalue weighted by atomic mass is 10.1. The van der Waals surface area contributed by atoms with Gasteiger partial charge < -0.3 is 14.6 Å². The smallest absolute Gasteiger partial charge is 0.251 e. The SMILES string of the molecule is O=C(NCc1cocn1)c1ccc(N2CCCCCC2)cc1. The van der Waals surface area contributed by atoms with Crippen LogP contribution in [0.1, 0.15) is 41.7 Å². The third-order valence-corrected chi connectivity index (χ3v) is 4.01.